The summed E-state index contributed by atoms with van der Waals surface area (Å²) in [6, 6.07) is 14.2. The van der Waals surface area contributed by atoms with Crippen LogP contribution >= 0.6 is 0 Å². The van der Waals surface area contributed by atoms with Crippen molar-refractivity contribution in [3.63, 3.8) is 0 Å². The smallest absolute Gasteiger partial charge is 0.254 e. The van der Waals surface area contributed by atoms with Crippen LogP contribution in [0.1, 0.15) is 66.2 Å². The van der Waals surface area contributed by atoms with Crippen molar-refractivity contribution in [2.24, 2.45) is 5.41 Å². The molecule has 6 rings (SSSR count). The molecule has 1 saturated carbocycles. The molecule has 0 unspecified atom stereocenters. The van der Waals surface area contributed by atoms with Gasteiger partial charge in [0.15, 0.2) is 0 Å². The van der Waals surface area contributed by atoms with Crippen LogP contribution in [0, 0.1) is 11.2 Å². The van der Waals surface area contributed by atoms with E-state index in [1.54, 1.807) is 12.1 Å². The lowest BCUT2D eigenvalue weighted by molar-refractivity contribution is -0.0462. The van der Waals surface area contributed by atoms with Crippen LogP contribution in [0.2, 0.25) is 0 Å². The van der Waals surface area contributed by atoms with Crippen LogP contribution in [0.25, 0.3) is 11.8 Å². The first kappa shape index (κ1) is 23.2. The molecule has 1 amide bonds. The van der Waals surface area contributed by atoms with Crippen molar-refractivity contribution in [3.05, 3.63) is 88.5 Å². The van der Waals surface area contributed by atoms with E-state index < -0.39 is 5.60 Å². The van der Waals surface area contributed by atoms with Gasteiger partial charge in [-0.2, -0.15) is 5.10 Å². The zero-order valence-electron chi connectivity index (χ0n) is 20.7. The normalized spacial score (nSPS) is 25.0. The Labute approximate surface area is 211 Å². The number of nitrogens with zero attached hydrogens (tertiary/aromatic N) is 3. The van der Waals surface area contributed by atoms with E-state index in [9.17, 15) is 14.3 Å². The first-order valence-electron chi connectivity index (χ1n) is 13.0. The fraction of sp³-hybridized carbons (Fsp3) is 0.400. The molecule has 5 nitrogen and oxygen atoms in total. The van der Waals surface area contributed by atoms with Gasteiger partial charge in [-0.15, -0.1) is 0 Å². The van der Waals surface area contributed by atoms with Gasteiger partial charge in [0.05, 0.1) is 23.2 Å². The molecule has 0 spiro atoms. The standard InChI is InChI=1S/C30H32FN3O2/c1-29-19-22-20-32-34(25-10-8-24(31)9-11-25)27(22)18-23(29)13-15-30(29,36)14-12-21-6-2-3-7-26(21)28(35)33-16-4-5-17-33/h2-3,6-11,18,20,36H,4-5,12-17,19H2,1H3/t29-,30-/m0/s1. The predicted molar refractivity (Wildman–Crippen MR) is 137 cm³/mol. The zero-order chi connectivity index (χ0) is 24.9. The first-order valence-corrected chi connectivity index (χ1v) is 13.0. The lowest BCUT2D eigenvalue weighted by Gasteiger charge is -2.42. The quantitative estimate of drug-likeness (QED) is 0.530. The summed E-state index contributed by atoms with van der Waals surface area (Å²) in [6.07, 6.45) is 9.70. The third kappa shape index (κ3) is 3.70. The van der Waals surface area contributed by atoms with Gasteiger partial charge in [-0.05, 0) is 92.5 Å². The highest BCUT2D eigenvalue weighted by molar-refractivity contribution is 5.95. The van der Waals surface area contributed by atoms with E-state index in [0.29, 0.717) is 25.7 Å². The average Bonchev–Trinajstić information content (AvgIpc) is 3.61. The van der Waals surface area contributed by atoms with Gasteiger partial charge in [-0.3, -0.25) is 4.79 Å². The number of fused-ring (bicyclic) bond motifs is 2. The molecule has 1 aliphatic heterocycles. The number of aromatic nitrogens is 2. The molecule has 3 aromatic rings. The summed E-state index contributed by atoms with van der Waals surface area (Å²) in [4.78, 5) is 15.1. The van der Waals surface area contributed by atoms with Gasteiger partial charge >= 0.3 is 0 Å². The third-order valence-corrected chi connectivity index (χ3v) is 8.81. The second-order valence-corrected chi connectivity index (χ2v) is 10.8. The molecule has 0 bridgehead atoms. The highest BCUT2D eigenvalue weighted by Gasteiger charge is 2.54. The van der Waals surface area contributed by atoms with E-state index >= 15 is 0 Å². The van der Waals surface area contributed by atoms with Gasteiger partial charge in [0.1, 0.15) is 5.82 Å². The Morgan fingerprint density at radius 1 is 1.11 bits per heavy atom. The molecule has 6 heteroatoms. The van der Waals surface area contributed by atoms with Gasteiger partial charge < -0.3 is 10.0 Å². The van der Waals surface area contributed by atoms with E-state index in [1.165, 1.54) is 17.7 Å². The average molecular weight is 486 g/mol. The van der Waals surface area contributed by atoms with Crippen LogP contribution < -0.4 is 0 Å². The third-order valence-electron chi connectivity index (χ3n) is 8.81. The maximum Gasteiger partial charge on any atom is 0.254 e. The Bertz CT molecular complexity index is 1340. The number of carbonyl (C=O) groups is 1. The van der Waals surface area contributed by atoms with Crippen LogP contribution in [0.4, 0.5) is 4.39 Å². The van der Waals surface area contributed by atoms with Crippen molar-refractivity contribution in [1.29, 1.82) is 0 Å². The molecule has 36 heavy (non-hydrogen) atoms. The number of benzene rings is 2. The minimum Gasteiger partial charge on any atom is -0.389 e. The van der Waals surface area contributed by atoms with E-state index in [-0.39, 0.29) is 17.1 Å². The van der Waals surface area contributed by atoms with Gasteiger partial charge in [0.25, 0.3) is 5.91 Å². The molecule has 2 atom stereocenters. The highest BCUT2D eigenvalue weighted by Crippen LogP contribution is 2.56. The number of aryl methyl sites for hydroxylation is 1. The predicted octanol–water partition coefficient (Wildman–Crippen LogP) is 5.35. The molecule has 1 saturated heterocycles. The molecule has 2 fully saturated rings. The molecule has 2 heterocycles. The van der Waals surface area contributed by atoms with Crippen LogP contribution in [0.5, 0.6) is 0 Å². The van der Waals surface area contributed by atoms with Crippen molar-refractivity contribution in [2.75, 3.05) is 13.1 Å². The minimum absolute atomic E-state index is 0.115. The fourth-order valence-electron chi connectivity index (χ4n) is 6.50. The number of likely N-dealkylation sites (tertiary alicyclic amines) is 1. The number of amides is 1. The summed E-state index contributed by atoms with van der Waals surface area (Å²) in [5, 5.41) is 16.6. The Morgan fingerprint density at radius 2 is 1.86 bits per heavy atom. The second kappa shape index (κ2) is 8.70. The molecular formula is C30H32FN3O2. The molecular weight excluding hydrogens is 453 g/mol. The minimum atomic E-state index is -0.863. The van der Waals surface area contributed by atoms with E-state index in [0.717, 1.165) is 60.4 Å². The van der Waals surface area contributed by atoms with Gasteiger partial charge in [0, 0.05) is 24.1 Å². The van der Waals surface area contributed by atoms with E-state index in [2.05, 4.69) is 18.1 Å². The lowest BCUT2D eigenvalue weighted by Crippen LogP contribution is -2.45. The molecule has 1 aromatic heterocycles. The van der Waals surface area contributed by atoms with Crippen LogP contribution in [0.3, 0.4) is 0 Å². The molecule has 2 aromatic carbocycles. The Kier molecular flexibility index (Phi) is 5.60. The molecule has 0 radical (unpaired) electrons. The summed E-state index contributed by atoms with van der Waals surface area (Å²) >= 11 is 0. The Hall–Kier alpha value is -3.25. The number of hydrogen-bond acceptors (Lipinski definition) is 3. The van der Waals surface area contributed by atoms with Crippen LogP contribution in [-0.2, 0) is 12.8 Å². The maximum absolute atomic E-state index is 13.4. The number of rotatable bonds is 5. The SMILES string of the molecule is C[C@]12Cc3cnn(-c4ccc(F)cc4)c3C=C1CC[C@@]2(O)CCc1ccccc1C(=O)N1CCCC1. The number of carbonyl (C=O) groups excluding carboxylic acids is 1. The van der Waals surface area contributed by atoms with E-state index in [1.807, 2.05) is 40.0 Å². The largest absolute Gasteiger partial charge is 0.389 e. The maximum atomic E-state index is 13.4. The van der Waals surface area contributed by atoms with Crippen LogP contribution in [-0.4, -0.2) is 44.4 Å². The first-order chi connectivity index (χ1) is 17.4. The van der Waals surface area contributed by atoms with E-state index in [4.69, 9.17) is 0 Å². The van der Waals surface area contributed by atoms with Crippen molar-refractivity contribution < 1.29 is 14.3 Å². The van der Waals surface area contributed by atoms with Crippen molar-refractivity contribution in [2.45, 2.75) is 57.5 Å². The number of hydrogen-bond donors (Lipinski definition) is 1. The fourth-order valence-corrected chi connectivity index (χ4v) is 6.50. The topological polar surface area (TPSA) is 58.4 Å². The summed E-state index contributed by atoms with van der Waals surface area (Å²) in [5.41, 5.74) is 4.71. The van der Waals surface area contributed by atoms with Crippen LogP contribution in [0.15, 0.2) is 60.3 Å². The summed E-state index contributed by atoms with van der Waals surface area (Å²) < 4.78 is 15.3. The number of halogens is 1. The Morgan fingerprint density at radius 3 is 2.64 bits per heavy atom. The monoisotopic (exact) mass is 485 g/mol. The lowest BCUT2D eigenvalue weighted by atomic mass is 9.65. The molecule has 1 N–H and O–H groups in total. The van der Waals surface area contributed by atoms with Crippen molar-refractivity contribution in [1.82, 2.24) is 14.7 Å². The highest BCUT2D eigenvalue weighted by atomic mass is 19.1. The second-order valence-electron chi connectivity index (χ2n) is 10.8. The molecule has 186 valence electrons. The summed E-state index contributed by atoms with van der Waals surface area (Å²) in [6.45, 7) is 3.83. The van der Waals surface area contributed by atoms with Crippen molar-refractivity contribution >= 4 is 12.0 Å². The Balaban J connectivity index is 1.25. The zero-order valence-corrected chi connectivity index (χ0v) is 20.7. The van der Waals surface area contributed by atoms with Crippen molar-refractivity contribution in [3.8, 4) is 5.69 Å². The number of aliphatic hydroxyl groups is 1. The molecule has 2 aliphatic carbocycles. The summed E-state index contributed by atoms with van der Waals surface area (Å²) in [5.74, 6) is -0.154. The van der Waals surface area contributed by atoms with Gasteiger partial charge in [0.2, 0.25) is 0 Å². The van der Waals surface area contributed by atoms with Gasteiger partial charge in [-0.25, -0.2) is 9.07 Å². The van der Waals surface area contributed by atoms with Gasteiger partial charge in [-0.1, -0.05) is 30.7 Å². The summed E-state index contributed by atoms with van der Waals surface area (Å²) in [7, 11) is 0. The molecule has 3 aliphatic rings.